The molecule has 0 saturated carbocycles. The highest BCUT2D eigenvalue weighted by atomic mass is 31.2. The van der Waals surface area contributed by atoms with Crippen LogP contribution in [0.25, 0.3) is 0 Å². The lowest BCUT2D eigenvalue weighted by atomic mass is 10.1. The van der Waals surface area contributed by atoms with E-state index in [9.17, 15) is 24.2 Å². The minimum atomic E-state index is -4.63. The molecule has 0 fully saturated rings. The number of phosphoric ester groups is 1. The largest absolute Gasteiger partial charge is 0.472 e. The molecule has 1 unspecified atom stereocenters. The number of rotatable bonds is 35. The van der Waals surface area contributed by atoms with E-state index in [0.29, 0.717) is 12.8 Å². The second-order valence-corrected chi connectivity index (χ2v) is 14.0. The lowest BCUT2D eigenvalue weighted by Gasteiger charge is -2.20. The minimum Gasteiger partial charge on any atom is -0.462 e. The molecule has 0 aliphatic rings. The highest BCUT2D eigenvalue weighted by molar-refractivity contribution is 7.47. The minimum absolute atomic E-state index is 0.125. The van der Waals surface area contributed by atoms with Crippen molar-refractivity contribution in [2.45, 2.75) is 148 Å². The molecule has 0 aromatic carbocycles. The van der Waals surface area contributed by atoms with E-state index in [4.69, 9.17) is 19.1 Å². The van der Waals surface area contributed by atoms with Gasteiger partial charge in [0.25, 0.3) is 0 Å². The number of aliphatic hydroxyl groups excluding tert-OH is 2. The normalized spacial score (nSPS) is 14.8. The number of ether oxygens (including phenoxy) is 2. The summed E-state index contributed by atoms with van der Waals surface area (Å²) in [6.45, 7) is 2.12. The smallest absolute Gasteiger partial charge is 0.462 e. The molecular weight excluding hydrogens is 683 g/mol. The average molecular weight is 753 g/mol. The van der Waals surface area contributed by atoms with Crippen molar-refractivity contribution >= 4 is 19.8 Å². The number of unbranched alkanes of at least 4 members (excludes halogenated alkanes) is 9. The summed E-state index contributed by atoms with van der Waals surface area (Å²) in [5.41, 5.74) is 0. The fourth-order valence-electron chi connectivity index (χ4n) is 4.59. The summed E-state index contributed by atoms with van der Waals surface area (Å²) in [7, 11) is -4.63. The van der Waals surface area contributed by atoms with Crippen molar-refractivity contribution in [3.8, 4) is 0 Å². The Labute approximate surface area is 314 Å². The zero-order valence-electron chi connectivity index (χ0n) is 32.0. The maximum absolute atomic E-state index is 12.5. The fraction of sp³-hybridized carbons (Fsp3) is 0.659. The Hall–Kier alpha value is -2.59. The van der Waals surface area contributed by atoms with Crippen molar-refractivity contribution in [3.63, 3.8) is 0 Å². The molecule has 0 rings (SSSR count). The Morgan fingerprint density at radius 2 is 1.06 bits per heavy atom. The first-order valence-corrected chi connectivity index (χ1v) is 20.9. The molecule has 0 radical (unpaired) electrons. The van der Waals surface area contributed by atoms with Gasteiger partial charge in [0.2, 0.25) is 0 Å². The number of esters is 2. The number of phosphoric acid groups is 1. The second-order valence-electron chi connectivity index (χ2n) is 12.6. The van der Waals surface area contributed by atoms with Crippen LogP contribution in [0.3, 0.4) is 0 Å². The van der Waals surface area contributed by atoms with Gasteiger partial charge in [-0.15, -0.1) is 0 Å². The van der Waals surface area contributed by atoms with E-state index >= 15 is 0 Å². The van der Waals surface area contributed by atoms with Crippen molar-refractivity contribution in [3.05, 3.63) is 72.9 Å². The van der Waals surface area contributed by atoms with Crippen LogP contribution in [-0.2, 0) is 32.7 Å². The molecule has 0 aromatic heterocycles. The van der Waals surface area contributed by atoms with Gasteiger partial charge in [-0.25, -0.2) is 4.57 Å². The molecule has 298 valence electrons. The molecule has 52 heavy (non-hydrogen) atoms. The van der Waals surface area contributed by atoms with Gasteiger partial charge in [0.15, 0.2) is 6.10 Å². The molecular formula is C41H69O10P. The molecule has 10 nitrogen and oxygen atoms in total. The molecule has 0 saturated heterocycles. The van der Waals surface area contributed by atoms with Crippen LogP contribution < -0.4 is 0 Å². The quantitative estimate of drug-likeness (QED) is 0.0247. The standard InChI is InChI=1S/C41H69O10P/c1-3-5-7-9-11-13-15-17-19-21-23-25-27-29-31-33-41(45)51-39(37-50-52(46,47)49-35-38(43)34-42)36-48-40(44)32-30-28-26-24-22-20-18-16-14-12-10-8-6-4-2/h5,7,10-13,16-19,23,25,38-39,42-43H,3-4,6,8-9,14-15,20-22,24,26-37H2,1-2H3,(H,46,47)/b7-5+,12-10+,13-11+,18-16+,19-17+,25-23+/t38-,39+/m0/s1. The Balaban J connectivity index is 4.48. The van der Waals surface area contributed by atoms with Gasteiger partial charge in [0.1, 0.15) is 12.7 Å². The van der Waals surface area contributed by atoms with E-state index in [-0.39, 0.29) is 19.4 Å². The predicted molar refractivity (Wildman–Crippen MR) is 210 cm³/mol. The van der Waals surface area contributed by atoms with E-state index in [0.717, 1.165) is 83.5 Å². The third-order valence-corrected chi connectivity index (χ3v) is 8.55. The molecule has 11 heteroatoms. The summed E-state index contributed by atoms with van der Waals surface area (Å²) in [4.78, 5) is 34.8. The Morgan fingerprint density at radius 3 is 1.63 bits per heavy atom. The maximum Gasteiger partial charge on any atom is 0.472 e. The van der Waals surface area contributed by atoms with Crippen LogP contribution in [0.1, 0.15) is 136 Å². The number of carbonyl (C=O) groups is 2. The van der Waals surface area contributed by atoms with Crippen LogP contribution in [0.15, 0.2) is 72.9 Å². The van der Waals surface area contributed by atoms with Crippen molar-refractivity contribution < 1.29 is 47.8 Å². The summed E-state index contributed by atoms with van der Waals surface area (Å²) in [5.74, 6) is -0.999. The Morgan fingerprint density at radius 1 is 0.596 bits per heavy atom. The van der Waals surface area contributed by atoms with Crippen LogP contribution in [-0.4, -0.2) is 65.7 Å². The fourth-order valence-corrected chi connectivity index (χ4v) is 5.38. The molecule has 0 heterocycles. The molecule has 0 spiro atoms. The molecule has 0 aromatic rings. The topological polar surface area (TPSA) is 149 Å². The van der Waals surface area contributed by atoms with Gasteiger partial charge in [-0.1, -0.05) is 119 Å². The van der Waals surface area contributed by atoms with Crippen molar-refractivity contribution in [1.29, 1.82) is 0 Å². The lowest BCUT2D eigenvalue weighted by molar-refractivity contribution is -0.161. The maximum atomic E-state index is 12.5. The number of aliphatic hydroxyl groups is 2. The molecule has 0 bridgehead atoms. The zero-order valence-corrected chi connectivity index (χ0v) is 32.9. The van der Waals surface area contributed by atoms with Crippen LogP contribution in [0.4, 0.5) is 0 Å². The Bertz CT molecular complexity index is 1100. The molecule has 3 atom stereocenters. The third kappa shape index (κ3) is 35.8. The Kier molecular flexibility index (Phi) is 34.9. The van der Waals surface area contributed by atoms with E-state index in [1.807, 2.05) is 0 Å². The number of carbonyl (C=O) groups excluding carboxylic acids is 2. The summed E-state index contributed by atoms with van der Waals surface area (Å²) >= 11 is 0. The first-order chi connectivity index (χ1) is 25.2. The van der Waals surface area contributed by atoms with Gasteiger partial charge in [-0.05, 0) is 77.0 Å². The average Bonchev–Trinajstić information content (AvgIpc) is 3.13. The van der Waals surface area contributed by atoms with Crippen LogP contribution in [0.2, 0.25) is 0 Å². The summed E-state index contributed by atoms with van der Waals surface area (Å²) in [6, 6.07) is 0. The first-order valence-electron chi connectivity index (χ1n) is 19.4. The van der Waals surface area contributed by atoms with E-state index in [2.05, 4.69) is 91.3 Å². The highest BCUT2D eigenvalue weighted by Crippen LogP contribution is 2.43. The van der Waals surface area contributed by atoms with Crippen LogP contribution in [0.5, 0.6) is 0 Å². The van der Waals surface area contributed by atoms with Gasteiger partial charge in [-0.3, -0.25) is 18.6 Å². The molecule has 0 aliphatic heterocycles. The predicted octanol–water partition coefficient (Wildman–Crippen LogP) is 9.72. The van der Waals surface area contributed by atoms with Gasteiger partial charge in [0, 0.05) is 12.8 Å². The van der Waals surface area contributed by atoms with Gasteiger partial charge in [-0.2, -0.15) is 0 Å². The summed E-state index contributed by atoms with van der Waals surface area (Å²) in [5, 5.41) is 18.3. The molecule has 3 N–H and O–H groups in total. The summed E-state index contributed by atoms with van der Waals surface area (Å²) < 4.78 is 32.5. The zero-order chi connectivity index (χ0) is 38.4. The molecule has 0 amide bonds. The number of allylic oxidation sites excluding steroid dienone is 12. The van der Waals surface area contributed by atoms with E-state index < -0.39 is 51.8 Å². The van der Waals surface area contributed by atoms with Crippen molar-refractivity contribution in [1.82, 2.24) is 0 Å². The summed E-state index contributed by atoms with van der Waals surface area (Å²) in [6.07, 6.45) is 40.2. The molecule has 0 aliphatic carbocycles. The van der Waals surface area contributed by atoms with Crippen molar-refractivity contribution in [2.75, 3.05) is 26.4 Å². The van der Waals surface area contributed by atoms with Crippen molar-refractivity contribution in [2.24, 2.45) is 0 Å². The van der Waals surface area contributed by atoms with Crippen LogP contribution in [0, 0.1) is 0 Å². The van der Waals surface area contributed by atoms with E-state index in [1.54, 1.807) is 0 Å². The van der Waals surface area contributed by atoms with Crippen LogP contribution >= 0.6 is 7.82 Å². The first kappa shape index (κ1) is 49.4. The number of hydrogen-bond acceptors (Lipinski definition) is 9. The number of hydrogen-bond donors (Lipinski definition) is 3. The highest BCUT2D eigenvalue weighted by Gasteiger charge is 2.27. The lowest BCUT2D eigenvalue weighted by Crippen LogP contribution is -2.29. The third-order valence-electron chi connectivity index (χ3n) is 7.59. The van der Waals surface area contributed by atoms with Gasteiger partial charge < -0.3 is 24.6 Å². The monoisotopic (exact) mass is 752 g/mol. The second kappa shape index (κ2) is 36.8. The van der Waals surface area contributed by atoms with Gasteiger partial charge >= 0.3 is 19.8 Å². The van der Waals surface area contributed by atoms with Gasteiger partial charge in [0.05, 0.1) is 19.8 Å². The SMILES string of the molecule is CC/C=C/C/C=C/C/C=C/C/C=C/CCCCC(=O)O[C@H](COC(=O)CCCCCCC/C=C/C/C=C/CCCC)COP(=O)(O)OC[C@@H](O)CO. The van der Waals surface area contributed by atoms with E-state index in [1.165, 1.54) is 12.8 Å².